The van der Waals surface area contributed by atoms with E-state index < -0.39 is 0 Å². The van der Waals surface area contributed by atoms with Crippen LogP contribution in [0.15, 0.2) is 72.8 Å². The maximum Gasteiger partial charge on any atom is 0.161 e. The van der Waals surface area contributed by atoms with Crippen molar-refractivity contribution in [3.63, 3.8) is 0 Å². The molecule has 6 nitrogen and oxygen atoms in total. The van der Waals surface area contributed by atoms with Crippen LogP contribution in [-0.2, 0) is 0 Å². The van der Waals surface area contributed by atoms with E-state index in [9.17, 15) is 0 Å². The maximum absolute atomic E-state index is 6.61. The van der Waals surface area contributed by atoms with Gasteiger partial charge in [-0.15, -0.1) is 0 Å². The van der Waals surface area contributed by atoms with E-state index >= 15 is 0 Å². The van der Waals surface area contributed by atoms with Gasteiger partial charge >= 0.3 is 0 Å². The van der Waals surface area contributed by atoms with E-state index in [-0.39, 0.29) is 0 Å². The standard InChI is InChI=1S/C66H90O6/c1-7-13-19-25-31-67-61-43-49-37-55-56(38-50(49)44-62(61)68-32-26-20-14-8-2)58-40-52-46-64(70-34-28-22-16-10-4)66(72-36-30-24-18-12-6)48-54(52)42-60(58)59-41-53-47-65(71-35-29-23-17-11-5)63(45-51(53)39-57(55)59)69-33-27-21-15-9-3/h37-48H,7-36H2,1-6H3. The summed E-state index contributed by atoms with van der Waals surface area (Å²) in [6, 6.07) is 27.8. The fraction of sp³-hybridized carbons (Fsp3) is 0.545. The zero-order chi connectivity index (χ0) is 50.3. The highest BCUT2D eigenvalue weighted by atomic mass is 16.5. The number of hydrogen-bond donors (Lipinski definition) is 0. The Hall–Kier alpha value is -5.10. The van der Waals surface area contributed by atoms with Gasteiger partial charge in [0.05, 0.1) is 39.6 Å². The van der Waals surface area contributed by atoms with Gasteiger partial charge in [0.15, 0.2) is 34.5 Å². The molecule has 0 atom stereocenters. The van der Waals surface area contributed by atoms with Gasteiger partial charge in [-0.05, 0) is 176 Å². The molecule has 0 saturated heterocycles. The molecule has 7 aromatic rings. The van der Waals surface area contributed by atoms with E-state index in [1.165, 1.54) is 148 Å². The van der Waals surface area contributed by atoms with E-state index in [0.29, 0.717) is 39.6 Å². The topological polar surface area (TPSA) is 55.4 Å². The van der Waals surface area contributed by atoms with Gasteiger partial charge in [0.2, 0.25) is 0 Å². The summed E-state index contributed by atoms with van der Waals surface area (Å²) in [5.74, 6) is 5.02. The summed E-state index contributed by atoms with van der Waals surface area (Å²) in [5, 5.41) is 14.2. The molecule has 0 aromatic heterocycles. The first kappa shape index (κ1) is 54.7. The Labute approximate surface area is 433 Å². The van der Waals surface area contributed by atoms with Crippen LogP contribution in [0.4, 0.5) is 0 Å². The molecule has 7 aromatic carbocycles. The Morgan fingerprint density at radius 2 is 0.347 bits per heavy atom. The molecule has 0 bridgehead atoms. The highest BCUT2D eigenvalue weighted by Gasteiger charge is 2.18. The summed E-state index contributed by atoms with van der Waals surface area (Å²) in [4.78, 5) is 0. The smallest absolute Gasteiger partial charge is 0.161 e. The van der Waals surface area contributed by atoms with Gasteiger partial charge in [-0.1, -0.05) is 157 Å². The number of benzene rings is 7. The van der Waals surface area contributed by atoms with Crippen molar-refractivity contribution in [2.24, 2.45) is 0 Å². The van der Waals surface area contributed by atoms with E-state index in [4.69, 9.17) is 28.4 Å². The first-order chi connectivity index (χ1) is 35.5. The molecule has 72 heavy (non-hydrogen) atoms. The predicted molar refractivity (Wildman–Crippen MR) is 309 cm³/mol. The minimum Gasteiger partial charge on any atom is -0.490 e. The lowest BCUT2D eigenvalue weighted by Crippen LogP contribution is -2.03. The SMILES string of the molecule is CCCCCCOc1cc2cc3c4cc5cc(OCCCCCC)c(OCCCCCC)cc5cc4c4cc5cc(OCCCCCC)c(OCCCCCC)cc5cc4c3cc2cc1OCCCCCC. The minimum atomic E-state index is 0.682. The molecule has 0 aliphatic rings. The van der Waals surface area contributed by atoms with Gasteiger partial charge in [-0.2, -0.15) is 0 Å². The molecular formula is C66H90O6. The molecule has 0 radical (unpaired) electrons. The average molecular weight is 979 g/mol. The highest BCUT2D eigenvalue weighted by Crippen LogP contribution is 2.45. The van der Waals surface area contributed by atoms with Gasteiger partial charge in [-0.25, -0.2) is 0 Å². The van der Waals surface area contributed by atoms with Crippen molar-refractivity contribution in [2.45, 2.75) is 196 Å². The molecule has 0 unspecified atom stereocenters. The summed E-state index contributed by atoms with van der Waals surface area (Å²) >= 11 is 0. The van der Waals surface area contributed by atoms with E-state index in [1.54, 1.807) is 0 Å². The first-order valence-electron chi connectivity index (χ1n) is 29.1. The zero-order valence-electron chi connectivity index (χ0n) is 45.6. The van der Waals surface area contributed by atoms with Crippen LogP contribution in [0.3, 0.4) is 0 Å². The maximum atomic E-state index is 6.61. The third-order valence-electron chi connectivity index (χ3n) is 14.5. The number of ether oxygens (including phenoxy) is 6. The Morgan fingerprint density at radius 1 is 0.194 bits per heavy atom. The van der Waals surface area contributed by atoms with Crippen molar-refractivity contribution < 1.29 is 28.4 Å². The molecule has 0 N–H and O–H groups in total. The van der Waals surface area contributed by atoms with Crippen LogP contribution in [0.25, 0.3) is 64.6 Å². The van der Waals surface area contributed by atoms with Gasteiger partial charge in [0, 0.05) is 0 Å². The lowest BCUT2D eigenvalue weighted by Gasteiger charge is -2.18. The van der Waals surface area contributed by atoms with Crippen molar-refractivity contribution in [3.8, 4) is 34.5 Å². The van der Waals surface area contributed by atoms with E-state index in [1.807, 2.05) is 0 Å². The van der Waals surface area contributed by atoms with E-state index in [2.05, 4.69) is 114 Å². The van der Waals surface area contributed by atoms with Crippen LogP contribution in [0.1, 0.15) is 196 Å². The lowest BCUT2D eigenvalue weighted by molar-refractivity contribution is 0.259. The summed E-state index contributed by atoms with van der Waals surface area (Å²) < 4.78 is 39.6. The molecule has 7 rings (SSSR count). The molecule has 0 spiro atoms. The van der Waals surface area contributed by atoms with Gasteiger partial charge < -0.3 is 28.4 Å². The largest absolute Gasteiger partial charge is 0.490 e. The van der Waals surface area contributed by atoms with E-state index in [0.717, 1.165) is 105 Å². The third kappa shape index (κ3) is 15.0. The van der Waals surface area contributed by atoms with Gasteiger partial charge in [0.25, 0.3) is 0 Å². The number of rotatable bonds is 36. The summed E-state index contributed by atoms with van der Waals surface area (Å²) in [5.41, 5.74) is 0. The fourth-order valence-corrected chi connectivity index (χ4v) is 10.2. The second kappa shape index (κ2) is 29.6. The Morgan fingerprint density at radius 3 is 0.486 bits per heavy atom. The molecule has 390 valence electrons. The highest BCUT2D eigenvalue weighted by molar-refractivity contribution is 6.30. The van der Waals surface area contributed by atoms with Crippen molar-refractivity contribution in [1.29, 1.82) is 0 Å². The molecule has 0 aliphatic heterocycles. The van der Waals surface area contributed by atoms with Gasteiger partial charge in [0.1, 0.15) is 0 Å². The number of unbranched alkanes of at least 4 members (excludes halogenated alkanes) is 18. The number of fused-ring (bicyclic) bond motifs is 9. The van der Waals surface area contributed by atoms with Crippen molar-refractivity contribution in [1.82, 2.24) is 0 Å². The van der Waals surface area contributed by atoms with Crippen molar-refractivity contribution in [2.75, 3.05) is 39.6 Å². The first-order valence-corrected chi connectivity index (χ1v) is 29.1. The van der Waals surface area contributed by atoms with Crippen LogP contribution in [0, 0.1) is 0 Å². The minimum absolute atomic E-state index is 0.682. The second-order valence-electron chi connectivity index (χ2n) is 20.6. The average Bonchev–Trinajstić information content (AvgIpc) is 3.39. The zero-order valence-corrected chi connectivity index (χ0v) is 45.6. The summed E-state index contributed by atoms with van der Waals surface area (Å²) in [6.45, 7) is 17.6. The molecule has 0 fully saturated rings. The second-order valence-corrected chi connectivity index (χ2v) is 20.6. The van der Waals surface area contributed by atoms with Crippen molar-refractivity contribution >= 4 is 64.6 Å². The summed E-state index contributed by atoms with van der Waals surface area (Å²) in [6.07, 6.45) is 27.8. The van der Waals surface area contributed by atoms with Crippen LogP contribution >= 0.6 is 0 Å². The van der Waals surface area contributed by atoms with Crippen LogP contribution in [0.2, 0.25) is 0 Å². The normalized spacial score (nSPS) is 11.8. The van der Waals surface area contributed by atoms with Gasteiger partial charge in [-0.3, -0.25) is 0 Å². The molecular weight excluding hydrogens is 889 g/mol. The number of hydrogen-bond acceptors (Lipinski definition) is 6. The van der Waals surface area contributed by atoms with Crippen LogP contribution in [0.5, 0.6) is 34.5 Å². The lowest BCUT2D eigenvalue weighted by atomic mass is 9.89. The fourth-order valence-electron chi connectivity index (χ4n) is 10.2. The quantitative estimate of drug-likeness (QED) is 0.0222. The monoisotopic (exact) mass is 979 g/mol. The summed E-state index contributed by atoms with van der Waals surface area (Å²) in [7, 11) is 0. The molecule has 0 saturated carbocycles. The molecule has 0 aliphatic carbocycles. The third-order valence-corrected chi connectivity index (χ3v) is 14.5. The molecule has 0 amide bonds. The van der Waals surface area contributed by atoms with Crippen LogP contribution in [-0.4, -0.2) is 39.6 Å². The Balaban J connectivity index is 1.43. The Bertz CT molecular complexity index is 2240. The van der Waals surface area contributed by atoms with Crippen molar-refractivity contribution in [3.05, 3.63) is 72.8 Å². The predicted octanol–water partition coefficient (Wildman–Crippen LogP) is 20.4. The Kier molecular flexibility index (Phi) is 22.4. The van der Waals surface area contributed by atoms with Crippen LogP contribution < -0.4 is 28.4 Å². The molecule has 0 heterocycles. The molecule has 6 heteroatoms.